The van der Waals surface area contributed by atoms with Gasteiger partial charge in [-0.1, -0.05) is 0 Å². The molecule has 0 unspecified atom stereocenters. The first-order valence-electron chi connectivity index (χ1n) is 7.67. The molecule has 1 spiro atoms. The Hall–Kier alpha value is -2.31. The molecular formula is C16H22N4O3. The van der Waals surface area contributed by atoms with Gasteiger partial charge < -0.3 is 20.3 Å². The summed E-state index contributed by atoms with van der Waals surface area (Å²) >= 11 is 0. The Morgan fingerprint density at radius 1 is 1.30 bits per heavy atom. The number of anilines is 2. The molecule has 2 saturated heterocycles. The van der Waals surface area contributed by atoms with Crippen LogP contribution >= 0.6 is 0 Å². The van der Waals surface area contributed by atoms with Gasteiger partial charge in [-0.25, -0.2) is 9.78 Å². The maximum Gasteiger partial charge on any atom is 0.410 e. The molecule has 7 nitrogen and oxygen atoms in total. The van der Waals surface area contributed by atoms with E-state index in [2.05, 4.69) is 4.98 Å². The van der Waals surface area contributed by atoms with Crippen LogP contribution in [0.15, 0.2) is 18.3 Å². The van der Waals surface area contributed by atoms with Gasteiger partial charge in [0.1, 0.15) is 11.4 Å². The van der Waals surface area contributed by atoms with Crippen molar-refractivity contribution in [2.75, 3.05) is 30.3 Å². The van der Waals surface area contributed by atoms with Crippen LogP contribution in [0.1, 0.15) is 27.2 Å². The van der Waals surface area contributed by atoms with Crippen molar-refractivity contribution in [3.05, 3.63) is 18.3 Å². The second-order valence-electron chi connectivity index (χ2n) is 7.43. The van der Waals surface area contributed by atoms with Crippen molar-refractivity contribution in [2.24, 2.45) is 5.41 Å². The standard InChI is InChI=1S/C16H22N4O3/c1-15(2,3)23-14(22)19-8-16(9-19)6-13(21)20(10-16)11-4-5-12(17)18-7-11/h4-5,7H,6,8-10H2,1-3H3,(H2,17,18). The van der Waals surface area contributed by atoms with E-state index in [0.29, 0.717) is 31.9 Å². The highest BCUT2D eigenvalue weighted by Gasteiger charge is 2.53. The van der Waals surface area contributed by atoms with Crippen LogP contribution < -0.4 is 10.6 Å². The summed E-state index contributed by atoms with van der Waals surface area (Å²) in [4.78, 5) is 31.7. The molecule has 0 saturated carbocycles. The number of likely N-dealkylation sites (tertiary alicyclic amines) is 1. The number of hydrogen-bond donors (Lipinski definition) is 1. The molecule has 3 rings (SSSR count). The molecule has 7 heteroatoms. The van der Waals surface area contributed by atoms with E-state index in [1.165, 1.54) is 0 Å². The number of hydrogen-bond acceptors (Lipinski definition) is 5. The number of amides is 2. The lowest BCUT2D eigenvalue weighted by Gasteiger charge is -2.47. The summed E-state index contributed by atoms with van der Waals surface area (Å²) < 4.78 is 5.36. The minimum absolute atomic E-state index is 0.0559. The summed E-state index contributed by atoms with van der Waals surface area (Å²) in [6.07, 6.45) is 1.73. The number of aromatic nitrogens is 1. The van der Waals surface area contributed by atoms with E-state index < -0.39 is 5.60 Å². The SMILES string of the molecule is CC(C)(C)OC(=O)N1CC2(CC(=O)N(c3ccc(N)nc3)C2)C1. The lowest BCUT2D eigenvalue weighted by atomic mass is 9.79. The molecule has 2 N–H and O–H groups in total. The van der Waals surface area contributed by atoms with E-state index in [0.717, 1.165) is 5.69 Å². The second kappa shape index (κ2) is 5.11. The van der Waals surface area contributed by atoms with Crippen molar-refractivity contribution in [3.63, 3.8) is 0 Å². The number of carbonyl (C=O) groups is 2. The predicted octanol–water partition coefficient (Wildman–Crippen LogP) is 1.64. The van der Waals surface area contributed by atoms with Crippen LogP contribution in [0.5, 0.6) is 0 Å². The van der Waals surface area contributed by atoms with E-state index in [4.69, 9.17) is 10.5 Å². The number of nitrogens with two attached hydrogens (primary N) is 1. The number of ether oxygens (including phenoxy) is 1. The highest BCUT2D eigenvalue weighted by atomic mass is 16.6. The molecule has 0 atom stereocenters. The van der Waals surface area contributed by atoms with E-state index in [9.17, 15) is 9.59 Å². The van der Waals surface area contributed by atoms with Crippen molar-refractivity contribution >= 4 is 23.5 Å². The van der Waals surface area contributed by atoms with Gasteiger partial charge in [-0.05, 0) is 32.9 Å². The quantitative estimate of drug-likeness (QED) is 0.850. The maximum absolute atomic E-state index is 12.3. The van der Waals surface area contributed by atoms with Crippen molar-refractivity contribution in [1.82, 2.24) is 9.88 Å². The van der Waals surface area contributed by atoms with Crippen LogP contribution in [0.3, 0.4) is 0 Å². The number of rotatable bonds is 1. The van der Waals surface area contributed by atoms with E-state index in [1.807, 2.05) is 20.8 Å². The second-order valence-corrected chi connectivity index (χ2v) is 7.43. The van der Waals surface area contributed by atoms with Gasteiger partial charge in [0.25, 0.3) is 0 Å². The van der Waals surface area contributed by atoms with E-state index >= 15 is 0 Å². The average Bonchev–Trinajstić information content (AvgIpc) is 2.74. The summed E-state index contributed by atoms with van der Waals surface area (Å²) in [5.74, 6) is 0.482. The fraction of sp³-hybridized carbons (Fsp3) is 0.562. The Morgan fingerprint density at radius 3 is 2.57 bits per heavy atom. The van der Waals surface area contributed by atoms with Crippen LogP contribution in [-0.4, -0.2) is 47.1 Å². The van der Waals surface area contributed by atoms with Crippen LogP contribution in [-0.2, 0) is 9.53 Å². The molecule has 0 bridgehead atoms. The molecule has 124 valence electrons. The summed E-state index contributed by atoms with van der Waals surface area (Å²) in [5.41, 5.74) is 5.65. The zero-order valence-electron chi connectivity index (χ0n) is 13.7. The summed E-state index contributed by atoms with van der Waals surface area (Å²) in [7, 11) is 0. The molecule has 23 heavy (non-hydrogen) atoms. The number of nitrogens with zero attached hydrogens (tertiary/aromatic N) is 3. The van der Waals surface area contributed by atoms with Crippen LogP contribution in [0.2, 0.25) is 0 Å². The molecule has 2 amide bonds. The monoisotopic (exact) mass is 318 g/mol. The Labute approximate surface area is 135 Å². The van der Waals surface area contributed by atoms with Crippen LogP contribution in [0.25, 0.3) is 0 Å². The zero-order valence-corrected chi connectivity index (χ0v) is 13.7. The van der Waals surface area contributed by atoms with E-state index in [-0.39, 0.29) is 17.4 Å². The van der Waals surface area contributed by atoms with Gasteiger partial charge in [0.05, 0.1) is 11.9 Å². The van der Waals surface area contributed by atoms with Crippen molar-refractivity contribution < 1.29 is 14.3 Å². The molecule has 1 aromatic heterocycles. The minimum Gasteiger partial charge on any atom is -0.444 e. The first-order valence-corrected chi connectivity index (χ1v) is 7.67. The van der Waals surface area contributed by atoms with E-state index in [1.54, 1.807) is 28.1 Å². The van der Waals surface area contributed by atoms with Gasteiger partial charge in [0.2, 0.25) is 5.91 Å². The minimum atomic E-state index is -0.507. The topological polar surface area (TPSA) is 88.8 Å². The highest BCUT2D eigenvalue weighted by Crippen LogP contribution is 2.42. The molecule has 2 fully saturated rings. The molecule has 0 radical (unpaired) electrons. The number of carbonyl (C=O) groups excluding carboxylic acids is 2. The van der Waals surface area contributed by atoms with Crippen molar-refractivity contribution in [2.45, 2.75) is 32.8 Å². The molecule has 2 aliphatic heterocycles. The normalized spacial score (nSPS) is 19.9. The Morgan fingerprint density at radius 2 is 2.00 bits per heavy atom. The summed E-state index contributed by atoms with van der Waals surface area (Å²) in [6.45, 7) is 7.22. The maximum atomic E-state index is 12.3. The predicted molar refractivity (Wildman–Crippen MR) is 85.9 cm³/mol. The third-order valence-electron chi connectivity index (χ3n) is 4.11. The molecule has 1 aromatic rings. The fourth-order valence-corrected chi connectivity index (χ4v) is 3.12. The lowest BCUT2D eigenvalue weighted by Crippen LogP contribution is -2.60. The van der Waals surface area contributed by atoms with Gasteiger partial charge in [-0.2, -0.15) is 0 Å². The summed E-state index contributed by atoms with van der Waals surface area (Å²) in [6, 6.07) is 3.48. The first kappa shape index (κ1) is 15.6. The summed E-state index contributed by atoms with van der Waals surface area (Å²) in [5, 5.41) is 0. The fourth-order valence-electron chi connectivity index (χ4n) is 3.12. The molecular weight excluding hydrogens is 296 g/mol. The number of nitrogen functional groups attached to an aromatic ring is 1. The van der Waals surface area contributed by atoms with Gasteiger partial charge in [0, 0.05) is 31.5 Å². The Kier molecular flexibility index (Phi) is 3.46. The van der Waals surface area contributed by atoms with Gasteiger partial charge in [-0.15, -0.1) is 0 Å². The lowest BCUT2D eigenvalue weighted by molar-refractivity contribution is -0.119. The van der Waals surface area contributed by atoms with Crippen LogP contribution in [0.4, 0.5) is 16.3 Å². The third-order valence-corrected chi connectivity index (χ3v) is 4.11. The Balaban J connectivity index is 1.63. The molecule has 3 heterocycles. The number of pyridine rings is 1. The molecule has 2 aliphatic rings. The zero-order chi connectivity index (χ0) is 16.8. The van der Waals surface area contributed by atoms with Gasteiger partial charge >= 0.3 is 6.09 Å². The molecule has 0 aromatic carbocycles. The largest absolute Gasteiger partial charge is 0.444 e. The molecule has 0 aliphatic carbocycles. The van der Waals surface area contributed by atoms with Crippen molar-refractivity contribution in [3.8, 4) is 0 Å². The van der Waals surface area contributed by atoms with Crippen molar-refractivity contribution in [1.29, 1.82) is 0 Å². The average molecular weight is 318 g/mol. The Bertz CT molecular complexity index is 630. The van der Waals surface area contributed by atoms with Gasteiger partial charge in [0.15, 0.2) is 0 Å². The highest BCUT2D eigenvalue weighted by molar-refractivity contribution is 5.96. The smallest absolute Gasteiger partial charge is 0.410 e. The first-order chi connectivity index (χ1) is 10.7. The third kappa shape index (κ3) is 3.09. The van der Waals surface area contributed by atoms with Crippen LogP contribution in [0, 0.1) is 5.41 Å². The van der Waals surface area contributed by atoms with Gasteiger partial charge in [-0.3, -0.25) is 4.79 Å².